The van der Waals surface area contributed by atoms with Gasteiger partial charge in [0.05, 0.1) is 28.9 Å². The minimum absolute atomic E-state index is 0.117. The van der Waals surface area contributed by atoms with Gasteiger partial charge in [-0.05, 0) is 56.4 Å². The SMILES string of the molecule is Cc1[nH]c2c(C(=O)NC(c3ccccn3)C3CC(O)C3)cccc2c1C. The van der Waals surface area contributed by atoms with Crippen LogP contribution in [-0.4, -0.2) is 27.1 Å². The van der Waals surface area contributed by atoms with Gasteiger partial charge in [0.1, 0.15) is 0 Å². The molecule has 0 spiro atoms. The van der Waals surface area contributed by atoms with Gasteiger partial charge >= 0.3 is 0 Å². The van der Waals surface area contributed by atoms with Crippen molar-refractivity contribution in [3.63, 3.8) is 0 Å². The molecule has 4 rings (SSSR count). The highest BCUT2D eigenvalue weighted by Crippen LogP contribution is 2.37. The Morgan fingerprint density at radius 2 is 2.04 bits per heavy atom. The van der Waals surface area contributed by atoms with Gasteiger partial charge < -0.3 is 15.4 Å². The van der Waals surface area contributed by atoms with E-state index in [9.17, 15) is 9.90 Å². The molecule has 3 aromatic rings. The second kappa shape index (κ2) is 6.57. The lowest BCUT2D eigenvalue weighted by molar-refractivity contribution is 0.0228. The molecule has 1 amide bonds. The molecule has 2 aromatic heterocycles. The number of aliphatic hydroxyl groups is 1. The van der Waals surface area contributed by atoms with E-state index in [2.05, 4.69) is 22.2 Å². The number of carbonyl (C=O) groups excluding carboxylic acids is 1. The van der Waals surface area contributed by atoms with Crippen molar-refractivity contribution < 1.29 is 9.90 Å². The van der Waals surface area contributed by atoms with Crippen LogP contribution in [0.25, 0.3) is 10.9 Å². The molecule has 1 atom stereocenters. The fourth-order valence-corrected chi connectivity index (χ4v) is 3.79. The molecule has 1 aliphatic rings. The van der Waals surface area contributed by atoms with Gasteiger partial charge in [0.2, 0.25) is 0 Å². The Balaban J connectivity index is 1.66. The normalized spacial score (nSPS) is 20.6. The van der Waals surface area contributed by atoms with Crippen LogP contribution in [0, 0.1) is 19.8 Å². The smallest absolute Gasteiger partial charge is 0.253 e. The van der Waals surface area contributed by atoms with Crippen LogP contribution >= 0.6 is 0 Å². The molecule has 1 unspecified atom stereocenters. The molecule has 1 aliphatic carbocycles. The summed E-state index contributed by atoms with van der Waals surface area (Å²) in [5.74, 6) is 0.0871. The van der Waals surface area contributed by atoms with Crippen LogP contribution in [0.3, 0.4) is 0 Å². The van der Waals surface area contributed by atoms with Crippen LogP contribution in [-0.2, 0) is 0 Å². The van der Waals surface area contributed by atoms with Crippen molar-refractivity contribution in [1.29, 1.82) is 0 Å². The Kier molecular flexibility index (Phi) is 4.24. The number of para-hydroxylation sites is 1. The molecule has 1 fully saturated rings. The Morgan fingerprint density at radius 3 is 2.73 bits per heavy atom. The molecule has 0 radical (unpaired) electrons. The zero-order valence-corrected chi connectivity index (χ0v) is 15.0. The standard InChI is InChI=1S/C21H23N3O2/c1-12-13(2)23-20-16(12)6-5-7-17(20)21(26)24-19(14-10-15(25)11-14)18-8-3-4-9-22-18/h3-9,14-15,19,23,25H,10-11H2,1-2H3,(H,24,26). The molecule has 0 aliphatic heterocycles. The summed E-state index contributed by atoms with van der Waals surface area (Å²) < 4.78 is 0. The van der Waals surface area contributed by atoms with Crippen LogP contribution in [0.5, 0.6) is 0 Å². The van der Waals surface area contributed by atoms with Crippen LogP contribution in [0.1, 0.15) is 46.2 Å². The molecule has 2 heterocycles. The Hall–Kier alpha value is -2.66. The maximum atomic E-state index is 13.1. The van der Waals surface area contributed by atoms with Gasteiger partial charge in [0.25, 0.3) is 5.91 Å². The Labute approximate surface area is 152 Å². The topological polar surface area (TPSA) is 78.0 Å². The van der Waals surface area contributed by atoms with Crippen molar-refractivity contribution in [2.45, 2.75) is 38.8 Å². The summed E-state index contributed by atoms with van der Waals surface area (Å²) in [6.07, 6.45) is 2.83. The lowest BCUT2D eigenvalue weighted by Gasteiger charge is -2.37. The third kappa shape index (κ3) is 2.88. The number of H-pyrrole nitrogens is 1. The molecule has 1 saturated carbocycles. The highest BCUT2D eigenvalue weighted by molar-refractivity contribution is 6.06. The van der Waals surface area contributed by atoms with E-state index in [-0.39, 0.29) is 24.0 Å². The number of nitrogens with zero attached hydrogens (tertiary/aromatic N) is 1. The zero-order valence-electron chi connectivity index (χ0n) is 15.0. The van der Waals surface area contributed by atoms with Crippen molar-refractivity contribution in [2.24, 2.45) is 5.92 Å². The number of aryl methyl sites for hydroxylation is 2. The van der Waals surface area contributed by atoms with Crippen molar-refractivity contribution in [2.75, 3.05) is 0 Å². The van der Waals surface area contributed by atoms with E-state index in [1.165, 1.54) is 0 Å². The average molecular weight is 349 g/mol. The van der Waals surface area contributed by atoms with E-state index in [4.69, 9.17) is 0 Å². The minimum Gasteiger partial charge on any atom is -0.393 e. The van der Waals surface area contributed by atoms with Crippen molar-refractivity contribution >= 4 is 16.8 Å². The monoisotopic (exact) mass is 349 g/mol. The van der Waals surface area contributed by atoms with Gasteiger partial charge in [-0.15, -0.1) is 0 Å². The lowest BCUT2D eigenvalue weighted by atomic mass is 9.76. The molecular weight excluding hydrogens is 326 g/mol. The summed E-state index contributed by atoms with van der Waals surface area (Å²) >= 11 is 0. The Bertz CT molecular complexity index is 943. The highest BCUT2D eigenvalue weighted by atomic mass is 16.3. The minimum atomic E-state index is -0.278. The number of fused-ring (bicyclic) bond motifs is 1. The number of hydrogen-bond donors (Lipinski definition) is 3. The number of amides is 1. The number of hydrogen-bond acceptors (Lipinski definition) is 3. The molecule has 1 aromatic carbocycles. The highest BCUT2D eigenvalue weighted by Gasteiger charge is 2.36. The summed E-state index contributed by atoms with van der Waals surface area (Å²) in [6, 6.07) is 11.3. The van der Waals surface area contributed by atoms with Gasteiger partial charge in [-0.3, -0.25) is 9.78 Å². The number of pyridine rings is 1. The van der Waals surface area contributed by atoms with Crippen molar-refractivity contribution in [3.8, 4) is 0 Å². The van der Waals surface area contributed by atoms with Crippen molar-refractivity contribution in [3.05, 3.63) is 65.1 Å². The third-order valence-corrected chi connectivity index (χ3v) is 5.50. The summed E-state index contributed by atoms with van der Waals surface area (Å²) in [6.45, 7) is 4.08. The third-order valence-electron chi connectivity index (χ3n) is 5.50. The van der Waals surface area contributed by atoms with Crippen LogP contribution in [0.15, 0.2) is 42.6 Å². The molecule has 26 heavy (non-hydrogen) atoms. The van der Waals surface area contributed by atoms with Crippen LogP contribution in [0.4, 0.5) is 0 Å². The predicted octanol–water partition coefficient (Wildman–Crippen LogP) is 3.42. The second-order valence-electron chi connectivity index (χ2n) is 7.19. The molecule has 5 heteroatoms. The number of aromatic amines is 1. The first kappa shape index (κ1) is 16.8. The number of benzene rings is 1. The number of carbonyl (C=O) groups is 1. The van der Waals surface area contributed by atoms with Gasteiger partial charge in [-0.1, -0.05) is 18.2 Å². The first-order chi connectivity index (χ1) is 12.5. The number of rotatable bonds is 4. The van der Waals surface area contributed by atoms with E-state index in [0.29, 0.717) is 18.4 Å². The van der Waals surface area contributed by atoms with Crippen LogP contribution in [0.2, 0.25) is 0 Å². The first-order valence-corrected chi connectivity index (χ1v) is 9.02. The van der Waals surface area contributed by atoms with E-state index < -0.39 is 0 Å². The summed E-state index contributed by atoms with van der Waals surface area (Å²) in [4.78, 5) is 20.8. The van der Waals surface area contributed by atoms with Crippen LogP contribution < -0.4 is 5.32 Å². The molecule has 3 N–H and O–H groups in total. The summed E-state index contributed by atoms with van der Waals surface area (Å²) in [5.41, 5.74) is 4.58. The van der Waals surface area contributed by atoms with Crippen molar-refractivity contribution in [1.82, 2.24) is 15.3 Å². The zero-order chi connectivity index (χ0) is 18.3. The maximum Gasteiger partial charge on any atom is 0.253 e. The van der Waals surface area contributed by atoms with Gasteiger partial charge in [0.15, 0.2) is 0 Å². The predicted molar refractivity (Wildman–Crippen MR) is 101 cm³/mol. The number of nitrogens with one attached hydrogen (secondary N) is 2. The molecule has 134 valence electrons. The number of aliphatic hydroxyl groups excluding tert-OH is 1. The summed E-state index contributed by atoms with van der Waals surface area (Å²) in [5, 5.41) is 13.9. The van der Waals surface area contributed by atoms with Gasteiger partial charge in [-0.25, -0.2) is 0 Å². The summed E-state index contributed by atoms with van der Waals surface area (Å²) in [7, 11) is 0. The van der Waals surface area contributed by atoms with E-state index in [1.54, 1.807) is 6.20 Å². The quantitative estimate of drug-likeness (QED) is 0.675. The first-order valence-electron chi connectivity index (χ1n) is 9.02. The fourth-order valence-electron chi connectivity index (χ4n) is 3.79. The molecule has 0 saturated heterocycles. The van der Waals surface area contributed by atoms with E-state index in [1.807, 2.05) is 43.3 Å². The fraction of sp³-hybridized carbons (Fsp3) is 0.333. The maximum absolute atomic E-state index is 13.1. The molecule has 5 nitrogen and oxygen atoms in total. The molecule has 0 bridgehead atoms. The van der Waals surface area contributed by atoms with E-state index >= 15 is 0 Å². The Morgan fingerprint density at radius 1 is 1.23 bits per heavy atom. The second-order valence-corrected chi connectivity index (χ2v) is 7.19. The van der Waals surface area contributed by atoms with Gasteiger partial charge in [-0.2, -0.15) is 0 Å². The lowest BCUT2D eigenvalue weighted by Crippen LogP contribution is -2.41. The largest absolute Gasteiger partial charge is 0.393 e. The van der Waals surface area contributed by atoms with Gasteiger partial charge in [0, 0.05) is 17.3 Å². The average Bonchev–Trinajstić information content (AvgIpc) is 2.92. The van der Waals surface area contributed by atoms with E-state index in [0.717, 1.165) is 27.9 Å². The molecular formula is C21H23N3O2. The number of aromatic nitrogens is 2.